The van der Waals surface area contributed by atoms with Crippen LogP contribution in [0.25, 0.3) is 0 Å². The van der Waals surface area contributed by atoms with Crippen molar-refractivity contribution in [3.05, 3.63) is 59.7 Å². The van der Waals surface area contributed by atoms with Gasteiger partial charge in [-0.05, 0) is 102 Å². The van der Waals surface area contributed by atoms with Crippen molar-refractivity contribution in [3.8, 4) is 17.6 Å². The zero-order valence-corrected chi connectivity index (χ0v) is 30.4. The third kappa shape index (κ3) is 9.28. The third-order valence-corrected chi connectivity index (χ3v) is 9.24. The van der Waals surface area contributed by atoms with E-state index in [1.807, 2.05) is 13.8 Å². The van der Waals surface area contributed by atoms with Gasteiger partial charge in [-0.3, -0.25) is 9.69 Å². The third-order valence-electron chi connectivity index (χ3n) is 9.24. The quantitative estimate of drug-likeness (QED) is 0.175. The molecule has 2 aromatic carbocycles. The highest BCUT2D eigenvalue weighted by Gasteiger charge is 2.42. The smallest absolute Gasteiger partial charge is 0.415 e. The van der Waals surface area contributed by atoms with Crippen molar-refractivity contribution >= 4 is 23.7 Å². The normalized spacial score (nSPS) is 17.3. The van der Waals surface area contributed by atoms with Gasteiger partial charge < -0.3 is 28.5 Å². The van der Waals surface area contributed by atoms with Gasteiger partial charge in [0.2, 0.25) is 0 Å². The van der Waals surface area contributed by atoms with Crippen LogP contribution in [-0.2, 0) is 9.53 Å². The number of hydrogen-bond acceptors (Lipinski definition) is 10. The summed E-state index contributed by atoms with van der Waals surface area (Å²) >= 11 is 0. The number of rotatable bonds is 12. The first-order valence-corrected chi connectivity index (χ1v) is 17.8. The fourth-order valence-corrected chi connectivity index (χ4v) is 6.50. The van der Waals surface area contributed by atoms with Gasteiger partial charge in [0, 0.05) is 42.9 Å². The van der Waals surface area contributed by atoms with Crippen LogP contribution < -0.4 is 19.3 Å². The van der Waals surface area contributed by atoms with Crippen molar-refractivity contribution in [3.63, 3.8) is 0 Å². The number of hydrogen-bond donors (Lipinski definition) is 0. The van der Waals surface area contributed by atoms with Crippen molar-refractivity contribution in [2.24, 2.45) is 5.92 Å². The van der Waals surface area contributed by atoms with Crippen molar-refractivity contribution in [1.29, 1.82) is 5.26 Å². The van der Waals surface area contributed by atoms with Crippen molar-refractivity contribution in [1.82, 2.24) is 15.0 Å². The summed E-state index contributed by atoms with van der Waals surface area (Å²) in [5.41, 5.74) is -0.637. The maximum absolute atomic E-state index is 16.2. The predicted molar refractivity (Wildman–Crippen MR) is 189 cm³/mol. The highest BCUT2D eigenvalue weighted by molar-refractivity contribution is 5.98. The van der Waals surface area contributed by atoms with E-state index in [0.717, 1.165) is 43.7 Å². The Kier molecular flexibility index (Phi) is 12.1. The fourth-order valence-electron chi connectivity index (χ4n) is 6.50. The molecule has 0 N–H and O–H groups in total. The molecule has 2 saturated heterocycles. The minimum Gasteiger partial charge on any atom is -0.497 e. The van der Waals surface area contributed by atoms with Crippen LogP contribution in [-0.4, -0.2) is 72.0 Å². The number of piperidine rings is 1. The highest BCUT2D eigenvalue weighted by Crippen LogP contribution is 2.36. The van der Waals surface area contributed by atoms with E-state index in [-0.39, 0.29) is 11.5 Å². The molecule has 2 amide bonds. The van der Waals surface area contributed by atoms with E-state index < -0.39 is 35.5 Å². The summed E-state index contributed by atoms with van der Waals surface area (Å²) < 4.78 is 38.7. The van der Waals surface area contributed by atoms with E-state index in [9.17, 15) is 14.9 Å². The number of likely N-dealkylation sites (tertiary alicyclic amines) is 1. The van der Waals surface area contributed by atoms with E-state index in [2.05, 4.69) is 21.1 Å². The maximum Gasteiger partial charge on any atom is 0.415 e. The number of amides is 2. The number of nitrogens with zero attached hydrogens (tertiary/aromatic N) is 6. The average Bonchev–Trinajstić information content (AvgIpc) is 3.80. The molecule has 0 saturated carbocycles. The van der Waals surface area contributed by atoms with Crippen LogP contribution in [0.1, 0.15) is 96.5 Å². The SMILES string of the molecule is COc1ccc(N(C(=O)OC(C)(C)C)C(C(=O)N2CCC[C@H]2C#N)c2ccc(OCCCC3CCN(c4nc(C(C)C)no4)CC3)cc2F)cc1. The average molecular weight is 705 g/mol. The number of aromatic nitrogens is 2. The summed E-state index contributed by atoms with van der Waals surface area (Å²) in [4.78, 5) is 37.4. The monoisotopic (exact) mass is 704 g/mol. The molecule has 2 aliphatic rings. The Hall–Kier alpha value is -4.86. The number of halogens is 1. The second-order valence-electron chi connectivity index (χ2n) is 14.5. The van der Waals surface area contributed by atoms with Gasteiger partial charge in [0.25, 0.3) is 5.91 Å². The number of carbonyl (C=O) groups excluding carboxylic acids is 2. The van der Waals surface area contributed by atoms with Crippen LogP contribution in [0.2, 0.25) is 0 Å². The Morgan fingerprint density at radius 2 is 1.78 bits per heavy atom. The Bertz CT molecular complexity index is 1670. The number of methoxy groups -OCH3 is 1. The first-order valence-electron chi connectivity index (χ1n) is 17.8. The molecule has 2 atom stereocenters. The molecule has 2 aliphatic heterocycles. The van der Waals surface area contributed by atoms with Crippen LogP contribution in [0.5, 0.6) is 11.5 Å². The predicted octanol–water partition coefficient (Wildman–Crippen LogP) is 7.41. The Labute approximate surface area is 299 Å². The molecule has 3 heterocycles. The van der Waals surface area contributed by atoms with E-state index in [0.29, 0.717) is 60.9 Å². The number of nitriles is 1. The largest absolute Gasteiger partial charge is 0.497 e. The van der Waals surface area contributed by atoms with Crippen LogP contribution >= 0.6 is 0 Å². The molecule has 1 unspecified atom stereocenters. The number of benzene rings is 2. The van der Waals surface area contributed by atoms with E-state index >= 15 is 4.39 Å². The number of carbonyl (C=O) groups is 2. The van der Waals surface area contributed by atoms with Gasteiger partial charge in [-0.15, -0.1) is 0 Å². The zero-order valence-electron chi connectivity index (χ0n) is 30.4. The molecular formula is C38H49FN6O6. The number of anilines is 2. The molecule has 0 radical (unpaired) electrons. The van der Waals surface area contributed by atoms with Gasteiger partial charge in [0.15, 0.2) is 5.82 Å². The topological polar surface area (TPSA) is 134 Å². The van der Waals surface area contributed by atoms with Crippen molar-refractivity contribution < 1.29 is 32.7 Å². The Morgan fingerprint density at radius 1 is 1.08 bits per heavy atom. The second-order valence-corrected chi connectivity index (χ2v) is 14.5. The standard InChI is InChI=1S/C38H49FN6O6/c1-25(2)34-41-36(51-42-34)43-20-17-26(18-21-43)9-8-22-49-30-15-16-31(32(39)23-30)33(35(46)44-19-7-10-28(44)24-40)45(37(47)50-38(3,4)5)27-11-13-29(48-6)14-12-27/h11-16,23,25-26,28,33H,7-10,17-22H2,1-6H3/t28-,33?/m0/s1. The molecule has 0 spiro atoms. The lowest BCUT2D eigenvalue weighted by molar-refractivity contribution is -0.132. The summed E-state index contributed by atoms with van der Waals surface area (Å²) in [6.07, 6.45) is 4.06. The van der Waals surface area contributed by atoms with Gasteiger partial charge in [0.1, 0.15) is 35.0 Å². The maximum atomic E-state index is 16.2. The van der Waals surface area contributed by atoms with E-state index in [1.54, 1.807) is 51.1 Å². The highest BCUT2D eigenvalue weighted by atomic mass is 19.1. The van der Waals surface area contributed by atoms with Crippen molar-refractivity contribution in [2.45, 2.75) is 96.7 Å². The molecule has 12 nitrogen and oxygen atoms in total. The van der Waals surface area contributed by atoms with E-state index in [4.69, 9.17) is 18.7 Å². The van der Waals surface area contributed by atoms with Gasteiger partial charge >= 0.3 is 12.1 Å². The zero-order chi connectivity index (χ0) is 36.7. The fraction of sp³-hybridized carbons (Fsp3) is 0.553. The minimum absolute atomic E-state index is 0.0360. The first-order chi connectivity index (χ1) is 24.4. The van der Waals surface area contributed by atoms with E-state index in [1.165, 1.54) is 24.1 Å². The summed E-state index contributed by atoms with van der Waals surface area (Å²) in [6, 6.07) is 11.5. The number of ether oxygens (including phenoxy) is 3. The molecule has 51 heavy (non-hydrogen) atoms. The summed E-state index contributed by atoms with van der Waals surface area (Å²) in [7, 11) is 1.52. The van der Waals surface area contributed by atoms with Gasteiger partial charge in [-0.25, -0.2) is 9.18 Å². The lowest BCUT2D eigenvalue weighted by Gasteiger charge is -2.35. The second kappa shape index (κ2) is 16.4. The molecule has 1 aromatic heterocycles. The molecule has 3 aromatic rings. The molecular weight excluding hydrogens is 655 g/mol. The molecule has 13 heteroatoms. The molecule has 0 bridgehead atoms. The summed E-state index contributed by atoms with van der Waals surface area (Å²) in [5, 5.41) is 13.9. The summed E-state index contributed by atoms with van der Waals surface area (Å²) in [6.45, 7) is 11.6. The molecule has 2 fully saturated rings. The van der Waals surface area contributed by atoms with Crippen LogP contribution in [0.3, 0.4) is 0 Å². The molecule has 5 rings (SSSR count). The minimum atomic E-state index is -1.45. The lowest BCUT2D eigenvalue weighted by atomic mass is 9.92. The molecule has 0 aliphatic carbocycles. The van der Waals surface area contributed by atoms with Gasteiger partial charge in [0.05, 0.1) is 19.8 Å². The van der Waals surface area contributed by atoms with Crippen LogP contribution in [0.4, 0.5) is 20.9 Å². The van der Waals surface area contributed by atoms with Gasteiger partial charge in [-0.2, -0.15) is 10.2 Å². The molecule has 274 valence electrons. The van der Waals surface area contributed by atoms with Gasteiger partial charge in [-0.1, -0.05) is 19.0 Å². The van der Waals surface area contributed by atoms with Crippen molar-refractivity contribution in [2.75, 3.05) is 43.2 Å². The Balaban J connectivity index is 1.30. The lowest BCUT2D eigenvalue weighted by Crippen LogP contribution is -2.48. The summed E-state index contributed by atoms with van der Waals surface area (Å²) in [5.74, 6) is 1.03. The first kappa shape index (κ1) is 37.4. The van der Waals surface area contributed by atoms with Crippen LogP contribution in [0, 0.1) is 23.1 Å². The van der Waals surface area contributed by atoms with Crippen LogP contribution in [0.15, 0.2) is 47.0 Å². The Morgan fingerprint density at radius 3 is 2.39 bits per heavy atom.